The molecular formula is C15H18N4O4S2. The zero-order chi connectivity index (χ0) is 18.4. The summed E-state index contributed by atoms with van der Waals surface area (Å²) in [5.74, 6) is -0.562. The molecule has 0 radical (unpaired) electrons. The van der Waals surface area contributed by atoms with Crippen LogP contribution in [0.3, 0.4) is 0 Å². The number of rotatable bonds is 7. The molecule has 0 spiro atoms. The van der Waals surface area contributed by atoms with Crippen LogP contribution in [0.1, 0.15) is 18.2 Å². The largest absolute Gasteiger partial charge is 0.326 e. The second-order valence-corrected chi connectivity index (χ2v) is 8.18. The highest BCUT2D eigenvalue weighted by Crippen LogP contribution is 2.17. The maximum Gasteiger partial charge on any atom is 0.240 e. The van der Waals surface area contributed by atoms with E-state index in [0.29, 0.717) is 10.8 Å². The average molecular weight is 382 g/mol. The summed E-state index contributed by atoms with van der Waals surface area (Å²) in [6.45, 7) is 3.20. The molecule has 1 aromatic carbocycles. The van der Waals surface area contributed by atoms with E-state index in [1.54, 1.807) is 6.20 Å². The van der Waals surface area contributed by atoms with Crippen molar-refractivity contribution >= 4 is 44.0 Å². The van der Waals surface area contributed by atoms with Gasteiger partial charge < -0.3 is 10.6 Å². The maximum absolute atomic E-state index is 12.2. The molecule has 8 nitrogen and oxygen atoms in total. The molecule has 2 rings (SSSR count). The number of nitrogens with zero attached hydrogens (tertiary/aromatic N) is 1. The minimum atomic E-state index is -3.73. The Morgan fingerprint density at radius 1 is 1.16 bits per heavy atom. The molecular weight excluding hydrogens is 364 g/mol. The summed E-state index contributed by atoms with van der Waals surface area (Å²) in [7, 11) is -3.73. The standard InChI is InChI=1S/C15H18N4O4S2/c1-10-9-16-15(24-10)19-14(21)7-8-17-25(22,23)13-5-3-12(4-6-13)18-11(2)20/h3-6,9,17H,7-8H2,1-2H3,(H,18,20)(H,16,19,21). The highest BCUT2D eigenvalue weighted by Gasteiger charge is 2.14. The molecule has 2 amide bonds. The first-order valence-corrected chi connectivity index (χ1v) is 9.66. The van der Waals surface area contributed by atoms with Gasteiger partial charge in [-0.2, -0.15) is 0 Å². The third-order valence-electron chi connectivity index (χ3n) is 3.00. The molecule has 10 heteroatoms. The number of carbonyl (C=O) groups excluding carboxylic acids is 2. The summed E-state index contributed by atoms with van der Waals surface area (Å²) in [4.78, 5) is 27.8. The van der Waals surface area contributed by atoms with Crippen LogP contribution < -0.4 is 15.4 Å². The molecule has 0 fully saturated rings. The van der Waals surface area contributed by atoms with Gasteiger partial charge in [-0.25, -0.2) is 18.1 Å². The van der Waals surface area contributed by atoms with Gasteiger partial charge in [-0.15, -0.1) is 11.3 Å². The summed E-state index contributed by atoms with van der Waals surface area (Å²) in [5, 5.41) is 5.65. The molecule has 0 aliphatic carbocycles. The summed E-state index contributed by atoms with van der Waals surface area (Å²) >= 11 is 1.35. The minimum absolute atomic E-state index is 0.0121. The van der Waals surface area contributed by atoms with Crippen molar-refractivity contribution in [3.05, 3.63) is 35.3 Å². The maximum atomic E-state index is 12.2. The van der Waals surface area contributed by atoms with Crippen LogP contribution in [0.5, 0.6) is 0 Å². The molecule has 0 aliphatic rings. The van der Waals surface area contributed by atoms with Gasteiger partial charge in [0.05, 0.1) is 4.90 Å². The molecule has 0 unspecified atom stereocenters. The Bertz CT molecular complexity index is 860. The highest BCUT2D eigenvalue weighted by molar-refractivity contribution is 7.89. The van der Waals surface area contributed by atoms with Crippen molar-refractivity contribution in [2.45, 2.75) is 25.2 Å². The lowest BCUT2D eigenvalue weighted by molar-refractivity contribution is -0.116. The molecule has 0 atom stereocenters. The Kier molecular flexibility index (Phi) is 6.23. The van der Waals surface area contributed by atoms with E-state index in [2.05, 4.69) is 20.3 Å². The molecule has 0 aliphatic heterocycles. The smallest absolute Gasteiger partial charge is 0.240 e. The second kappa shape index (κ2) is 8.19. The van der Waals surface area contributed by atoms with Crippen LogP contribution in [0.25, 0.3) is 0 Å². The number of nitrogens with one attached hydrogen (secondary N) is 3. The summed E-state index contributed by atoms with van der Waals surface area (Å²) in [5.41, 5.74) is 0.504. The summed E-state index contributed by atoms with van der Waals surface area (Å²) in [6.07, 6.45) is 1.63. The normalized spacial score (nSPS) is 11.1. The summed E-state index contributed by atoms with van der Waals surface area (Å²) in [6, 6.07) is 5.75. The van der Waals surface area contributed by atoms with Crippen molar-refractivity contribution in [3.8, 4) is 0 Å². The van der Waals surface area contributed by atoms with E-state index in [4.69, 9.17) is 0 Å². The fourth-order valence-corrected chi connectivity index (χ4v) is 3.61. The van der Waals surface area contributed by atoms with Gasteiger partial charge in [-0.1, -0.05) is 0 Å². The average Bonchev–Trinajstić information content (AvgIpc) is 2.92. The first-order chi connectivity index (χ1) is 11.8. The lowest BCUT2D eigenvalue weighted by atomic mass is 10.3. The van der Waals surface area contributed by atoms with Crippen molar-refractivity contribution in [2.75, 3.05) is 17.2 Å². The number of hydrogen-bond donors (Lipinski definition) is 3. The SMILES string of the molecule is CC(=O)Nc1ccc(S(=O)(=O)NCCC(=O)Nc2ncc(C)s2)cc1. The van der Waals surface area contributed by atoms with Crippen molar-refractivity contribution in [2.24, 2.45) is 0 Å². The van der Waals surface area contributed by atoms with E-state index in [9.17, 15) is 18.0 Å². The fourth-order valence-electron chi connectivity index (χ4n) is 1.90. The predicted octanol–water partition coefficient (Wildman–Crippen LogP) is 1.72. The molecule has 1 aromatic heterocycles. The zero-order valence-corrected chi connectivity index (χ0v) is 15.3. The number of aromatic nitrogens is 1. The van der Waals surface area contributed by atoms with E-state index in [1.165, 1.54) is 42.5 Å². The van der Waals surface area contributed by atoms with Crippen molar-refractivity contribution < 1.29 is 18.0 Å². The third-order valence-corrected chi connectivity index (χ3v) is 5.30. The van der Waals surface area contributed by atoms with Crippen LogP contribution in [0.2, 0.25) is 0 Å². The fraction of sp³-hybridized carbons (Fsp3) is 0.267. The lowest BCUT2D eigenvalue weighted by Gasteiger charge is -2.08. The van der Waals surface area contributed by atoms with E-state index in [0.717, 1.165) is 4.88 Å². The third kappa shape index (κ3) is 5.93. The molecule has 134 valence electrons. The van der Waals surface area contributed by atoms with Crippen LogP contribution >= 0.6 is 11.3 Å². The van der Waals surface area contributed by atoms with Crippen LogP contribution in [-0.2, 0) is 19.6 Å². The van der Waals surface area contributed by atoms with Gasteiger partial charge in [0, 0.05) is 36.7 Å². The molecule has 0 saturated carbocycles. The molecule has 0 saturated heterocycles. The van der Waals surface area contributed by atoms with E-state index in [1.807, 2.05) is 6.92 Å². The van der Waals surface area contributed by atoms with Gasteiger partial charge in [0.1, 0.15) is 0 Å². The first kappa shape index (κ1) is 19.0. The quantitative estimate of drug-likeness (QED) is 0.674. The topological polar surface area (TPSA) is 117 Å². The number of aryl methyl sites for hydroxylation is 1. The Labute approximate surface area is 149 Å². The molecule has 2 aromatic rings. The molecule has 25 heavy (non-hydrogen) atoms. The zero-order valence-electron chi connectivity index (χ0n) is 13.7. The van der Waals surface area contributed by atoms with E-state index < -0.39 is 10.0 Å². The summed E-state index contributed by atoms with van der Waals surface area (Å²) < 4.78 is 26.7. The number of sulfonamides is 1. The molecule has 3 N–H and O–H groups in total. The van der Waals surface area contributed by atoms with Crippen molar-refractivity contribution in [1.82, 2.24) is 9.71 Å². The van der Waals surface area contributed by atoms with Gasteiger partial charge >= 0.3 is 0 Å². The highest BCUT2D eigenvalue weighted by atomic mass is 32.2. The lowest BCUT2D eigenvalue weighted by Crippen LogP contribution is -2.27. The molecule has 1 heterocycles. The Balaban J connectivity index is 1.86. The number of carbonyl (C=O) groups is 2. The van der Waals surface area contributed by atoms with Gasteiger partial charge in [0.2, 0.25) is 21.8 Å². The number of benzene rings is 1. The van der Waals surface area contributed by atoms with Gasteiger partial charge in [0.25, 0.3) is 0 Å². The van der Waals surface area contributed by atoms with Gasteiger partial charge in [-0.3, -0.25) is 9.59 Å². The van der Waals surface area contributed by atoms with Crippen molar-refractivity contribution in [1.29, 1.82) is 0 Å². The Morgan fingerprint density at radius 2 is 1.84 bits per heavy atom. The number of anilines is 2. The van der Waals surface area contributed by atoms with Crippen LogP contribution in [0.4, 0.5) is 10.8 Å². The minimum Gasteiger partial charge on any atom is -0.326 e. The van der Waals surface area contributed by atoms with Gasteiger partial charge in [0.15, 0.2) is 5.13 Å². The number of hydrogen-bond acceptors (Lipinski definition) is 6. The van der Waals surface area contributed by atoms with E-state index in [-0.39, 0.29) is 29.7 Å². The Morgan fingerprint density at radius 3 is 2.40 bits per heavy atom. The monoisotopic (exact) mass is 382 g/mol. The predicted molar refractivity (Wildman–Crippen MR) is 96.0 cm³/mol. The van der Waals surface area contributed by atoms with Crippen LogP contribution in [-0.4, -0.2) is 31.8 Å². The number of thiazole rings is 1. The van der Waals surface area contributed by atoms with Crippen LogP contribution in [0, 0.1) is 6.92 Å². The van der Waals surface area contributed by atoms with E-state index >= 15 is 0 Å². The van der Waals surface area contributed by atoms with Gasteiger partial charge in [-0.05, 0) is 31.2 Å². The Hall–Kier alpha value is -2.30. The van der Waals surface area contributed by atoms with Crippen LogP contribution in [0.15, 0.2) is 35.4 Å². The second-order valence-electron chi connectivity index (χ2n) is 5.18. The first-order valence-electron chi connectivity index (χ1n) is 7.36. The molecule has 0 bridgehead atoms. The van der Waals surface area contributed by atoms with Crippen molar-refractivity contribution in [3.63, 3.8) is 0 Å². The number of amides is 2.